The molecular formula is C13H13FN2O3. The first-order valence-electron chi connectivity index (χ1n) is 5.80. The van der Waals surface area contributed by atoms with Gasteiger partial charge in [-0.1, -0.05) is 12.1 Å². The number of hydrogen-bond donors (Lipinski definition) is 2. The first-order chi connectivity index (χ1) is 9.02. The van der Waals surface area contributed by atoms with Gasteiger partial charge in [0.25, 0.3) is 0 Å². The quantitative estimate of drug-likeness (QED) is 0.875. The molecule has 1 heterocycles. The minimum Gasteiger partial charge on any atom is -0.478 e. The monoisotopic (exact) mass is 264 g/mol. The molecule has 0 aromatic heterocycles. The van der Waals surface area contributed by atoms with Crippen molar-refractivity contribution in [1.29, 1.82) is 0 Å². The van der Waals surface area contributed by atoms with Crippen LogP contribution in [-0.2, 0) is 4.79 Å². The molecule has 100 valence electrons. The minimum atomic E-state index is -1.12. The van der Waals surface area contributed by atoms with Gasteiger partial charge in [0.1, 0.15) is 5.82 Å². The predicted octanol–water partition coefficient (Wildman–Crippen LogP) is 1.88. The van der Waals surface area contributed by atoms with Gasteiger partial charge in [-0.2, -0.15) is 0 Å². The largest absolute Gasteiger partial charge is 0.478 e. The number of rotatable bonds is 3. The molecule has 0 saturated carbocycles. The van der Waals surface area contributed by atoms with Gasteiger partial charge in [-0.05, 0) is 24.6 Å². The van der Waals surface area contributed by atoms with Gasteiger partial charge in [-0.3, -0.25) is 0 Å². The van der Waals surface area contributed by atoms with Gasteiger partial charge >= 0.3 is 12.0 Å². The number of hydrogen-bond acceptors (Lipinski definition) is 2. The Morgan fingerprint density at radius 3 is 2.58 bits per heavy atom. The summed E-state index contributed by atoms with van der Waals surface area (Å²) in [6, 6.07) is 4.23. The van der Waals surface area contributed by atoms with Crippen molar-refractivity contribution in [2.24, 2.45) is 0 Å². The average Bonchev–Trinajstić information content (AvgIpc) is 2.39. The minimum absolute atomic E-state index is 0.0491. The molecule has 19 heavy (non-hydrogen) atoms. The van der Waals surface area contributed by atoms with Gasteiger partial charge in [-0.15, -0.1) is 0 Å². The van der Waals surface area contributed by atoms with Crippen LogP contribution >= 0.6 is 0 Å². The van der Waals surface area contributed by atoms with Crippen molar-refractivity contribution < 1.29 is 19.1 Å². The van der Waals surface area contributed by atoms with Crippen molar-refractivity contribution in [2.45, 2.75) is 13.0 Å². The number of halogens is 1. The first-order valence-corrected chi connectivity index (χ1v) is 5.80. The Morgan fingerprint density at radius 1 is 1.42 bits per heavy atom. The summed E-state index contributed by atoms with van der Waals surface area (Å²) in [4.78, 5) is 24.3. The van der Waals surface area contributed by atoms with Crippen LogP contribution in [-0.4, -0.2) is 28.6 Å². The SMILES string of the molecule is CCN1C=C(C(=O)O)[C@H](c2ccc(F)cc2)NC1=O. The molecule has 0 aliphatic carbocycles. The summed E-state index contributed by atoms with van der Waals surface area (Å²) in [5.74, 6) is -1.53. The molecule has 1 aliphatic rings. The Morgan fingerprint density at radius 2 is 2.05 bits per heavy atom. The number of urea groups is 1. The Bertz CT molecular complexity index is 539. The number of nitrogens with one attached hydrogen (secondary N) is 1. The zero-order valence-corrected chi connectivity index (χ0v) is 10.3. The molecule has 6 heteroatoms. The summed E-state index contributed by atoms with van der Waals surface area (Å²) in [5, 5.41) is 11.8. The third-order valence-corrected chi connectivity index (χ3v) is 2.93. The van der Waals surface area contributed by atoms with E-state index in [0.29, 0.717) is 12.1 Å². The molecule has 0 unspecified atom stereocenters. The molecule has 2 amide bonds. The topological polar surface area (TPSA) is 69.6 Å². The zero-order chi connectivity index (χ0) is 14.0. The third-order valence-electron chi connectivity index (χ3n) is 2.93. The van der Waals surface area contributed by atoms with Gasteiger partial charge in [0.15, 0.2) is 0 Å². The second kappa shape index (κ2) is 5.09. The molecule has 1 aromatic carbocycles. The number of amides is 2. The molecule has 0 radical (unpaired) electrons. The average molecular weight is 264 g/mol. The molecule has 5 nitrogen and oxygen atoms in total. The lowest BCUT2D eigenvalue weighted by Gasteiger charge is -2.30. The second-order valence-corrected chi connectivity index (χ2v) is 4.11. The van der Waals surface area contributed by atoms with E-state index in [2.05, 4.69) is 5.32 Å². The van der Waals surface area contributed by atoms with Crippen LogP contribution in [0.4, 0.5) is 9.18 Å². The number of aliphatic carboxylic acids is 1. The standard InChI is InChI=1S/C13H13FN2O3/c1-2-16-7-10(12(17)18)11(15-13(16)19)8-3-5-9(14)6-4-8/h3-7,11H,2H2,1H3,(H,15,19)(H,17,18)/t11-/m0/s1. The van der Waals surface area contributed by atoms with E-state index in [1.807, 2.05) is 0 Å². The van der Waals surface area contributed by atoms with E-state index < -0.39 is 17.8 Å². The fourth-order valence-corrected chi connectivity index (χ4v) is 1.92. The van der Waals surface area contributed by atoms with Crippen LogP contribution in [0.5, 0.6) is 0 Å². The molecule has 0 fully saturated rings. The summed E-state index contributed by atoms with van der Waals surface area (Å²) in [5.41, 5.74) is 0.576. The van der Waals surface area contributed by atoms with Crippen molar-refractivity contribution >= 4 is 12.0 Å². The number of carbonyl (C=O) groups excluding carboxylic acids is 1. The van der Waals surface area contributed by atoms with E-state index in [9.17, 15) is 19.1 Å². The van der Waals surface area contributed by atoms with Crippen LogP contribution in [0.3, 0.4) is 0 Å². The zero-order valence-electron chi connectivity index (χ0n) is 10.3. The molecule has 0 saturated heterocycles. The van der Waals surface area contributed by atoms with Crippen molar-refractivity contribution in [3.63, 3.8) is 0 Å². The third kappa shape index (κ3) is 2.57. The molecule has 2 N–H and O–H groups in total. The van der Waals surface area contributed by atoms with E-state index in [4.69, 9.17) is 0 Å². The maximum atomic E-state index is 12.9. The Balaban J connectivity index is 2.41. The summed E-state index contributed by atoms with van der Waals surface area (Å²) >= 11 is 0. The molecular weight excluding hydrogens is 251 g/mol. The highest BCUT2D eigenvalue weighted by molar-refractivity contribution is 5.92. The molecule has 2 rings (SSSR count). The normalized spacial score (nSPS) is 18.8. The smallest absolute Gasteiger partial charge is 0.335 e. The molecule has 1 atom stereocenters. The van der Waals surface area contributed by atoms with Crippen LogP contribution in [0.15, 0.2) is 36.0 Å². The molecule has 0 bridgehead atoms. The van der Waals surface area contributed by atoms with Gasteiger partial charge in [0.2, 0.25) is 0 Å². The van der Waals surface area contributed by atoms with Crippen LogP contribution in [0.2, 0.25) is 0 Å². The fourth-order valence-electron chi connectivity index (χ4n) is 1.92. The maximum absolute atomic E-state index is 12.9. The lowest BCUT2D eigenvalue weighted by molar-refractivity contribution is -0.133. The van der Waals surface area contributed by atoms with Crippen molar-refractivity contribution in [1.82, 2.24) is 10.2 Å². The van der Waals surface area contributed by atoms with E-state index in [1.54, 1.807) is 6.92 Å². The van der Waals surface area contributed by atoms with E-state index in [-0.39, 0.29) is 11.6 Å². The summed E-state index contributed by atoms with van der Waals surface area (Å²) < 4.78 is 12.9. The highest BCUT2D eigenvalue weighted by atomic mass is 19.1. The summed E-state index contributed by atoms with van der Waals surface area (Å²) in [7, 11) is 0. The fraction of sp³-hybridized carbons (Fsp3) is 0.231. The molecule has 0 spiro atoms. The van der Waals surface area contributed by atoms with E-state index >= 15 is 0 Å². The molecule has 1 aromatic rings. The lowest BCUT2D eigenvalue weighted by Crippen LogP contribution is -2.45. The van der Waals surface area contributed by atoms with Crippen molar-refractivity contribution in [3.8, 4) is 0 Å². The molecule has 1 aliphatic heterocycles. The predicted molar refractivity (Wildman–Crippen MR) is 65.8 cm³/mol. The van der Waals surface area contributed by atoms with Crippen molar-refractivity contribution in [3.05, 3.63) is 47.4 Å². The highest BCUT2D eigenvalue weighted by Gasteiger charge is 2.30. The van der Waals surface area contributed by atoms with E-state index in [0.717, 1.165) is 0 Å². The van der Waals surface area contributed by atoms with Crippen LogP contribution in [0.1, 0.15) is 18.5 Å². The first kappa shape index (κ1) is 13.1. The highest BCUT2D eigenvalue weighted by Crippen LogP contribution is 2.26. The van der Waals surface area contributed by atoms with Gasteiger partial charge in [0, 0.05) is 12.7 Å². The van der Waals surface area contributed by atoms with E-state index in [1.165, 1.54) is 35.4 Å². The summed E-state index contributed by atoms with van der Waals surface area (Å²) in [6.07, 6.45) is 1.31. The maximum Gasteiger partial charge on any atom is 0.335 e. The Hall–Kier alpha value is -2.37. The number of benzene rings is 1. The van der Waals surface area contributed by atoms with Gasteiger partial charge in [0.05, 0.1) is 11.6 Å². The Labute approximate surface area is 109 Å². The second-order valence-electron chi connectivity index (χ2n) is 4.11. The lowest BCUT2D eigenvalue weighted by atomic mass is 9.98. The van der Waals surface area contributed by atoms with Gasteiger partial charge < -0.3 is 15.3 Å². The number of carboxylic acid groups (broad SMARTS) is 1. The number of nitrogens with zero attached hydrogens (tertiary/aromatic N) is 1. The van der Waals surface area contributed by atoms with Crippen molar-refractivity contribution in [2.75, 3.05) is 6.54 Å². The van der Waals surface area contributed by atoms with Gasteiger partial charge in [-0.25, -0.2) is 14.0 Å². The number of carbonyl (C=O) groups is 2. The number of carboxylic acids is 1. The van der Waals surface area contributed by atoms with Crippen LogP contribution < -0.4 is 5.32 Å². The van der Waals surface area contributed by atoms with Crippen LogP contribution in [0.25, 0.3) is 0 Å². The van der Waals surface area contributed by atoms with Crippen LogP contribution in [0, 0.1) is 5.82 Å². The Kier molecular flexibility index (Phi) is 3.50. The summed E-state index contributed by atoms with van der Waals surface area (Å²) in [6.45, 7) is 2.12.